The average molecular weight is 368 g/mol. The predicted molar refractivity (Wildman–Crippen MR) is 98.0 cm³/mol. The van der Waals surface area contributed by atoms with Gasteiger partial charge in [-0.3, -0.25) is 14.2 Å². The lowest BCUT2D eigenvalue weighted by molar-refractivity contribution is -0.122. The molecule has 0 aliphatic rings. The van der Waals surface area contributed by atoms with Crippen LogP contribution in [0, 0.1) is 0 Å². The maximum absolute atomic E-state index is 12.4. The summed E-state index contributed by atoms with van der Waals surface area (Å²) >= 11 is 1.44. The molecule has 0 bridgehead atoms. The molecule has 0 fully saturated rings. The highest BCUT2D eigenvalue weighted by Crippen LogP contribution is 2.15. The molecule has 1 amide bonds. The predicted octanol–water partition coefficient (Wildman–Crippen LogP) is 1.77. The zero-order valence-corrected chi connectivity index (χ0v) is 14.8. The third-order valence-electron chi connectivity index (χ3n) is 4.14. The molecule has 8 nitrogen and oxygen atoms in total. The number of carbonyl (C=O) groups is 1. The molecule has 132 valence electrons. The quantitative estimate of drug-likeness (QED) is 0.579. The van der Waals surface area contributed by atoms with Crippen molar-refractivity contribution in [2.75, 3.05) is 0 Å². The van der Waals surface area contributed by atoms with Gasteiger partial charge in [-0.2, -0.15) is 5.10 Å². The lowest BCUT2D eigenvalue weighted by atomic mass is 10.2. The number of aryl methyl sites for hydroxylation is 1. The smallest absolute Gasteiger partial charge is 0.261 e. The van der Waals surface area contributed by atoms with E-state index >= 15 is 0 Å². The summed E-state index contributed by atoms with van der Waals surface area (Å²) in [7, 11) is 0. The van der Waals surface area contributed by atoms with Crippen molar-refractivity contribution < 1.29 is 4.79 Å². The average Bonchev–Trinajstić information content (AvgIpc) is 3.23. The number of para-hydroxylation sites is 1. The van der Waals surface area contributed by atoms with Crippen LogP contribution in [-0.2, 0) is 11.3 Å². The van der Waals surface area contributed by atoms with Crippen molar-refractivity contribution in [2.24, 2.45) is 0 Å². The van der Waals surface area contributed by atoms with Gasteiger partial charge in [-0.25, -0.2) is 14.5 Å². The van der Waals surface area contributed by atoms with E-state index in [2.05, 4.69) is 20.4 Å². The van der Waals surface area contributed by atoms with E-state index < -0.39 is 0 Å². The molecule has 1 atom stereocenters. The van der Waals surface area contributed by atoms with Crippen molar-refractivity contribution in [1.82, 2.24) is 29.5 Å². The molecule has 1 unspecified atom stereocenters. The SMILES string of the molecule is CC(NC(=O)CCn1cnc2ccccc2c1=O)c1cn2ncsc2n1. The third kappa shape index (κ3) is 3.08. The van der Waals surface area contributed by atoms with Crippen molar-refractivity contribution in [3.05, 3.63) is 58.3 Å². The van der Waals surface area contributed by atoms with E-state index in [1.165, 1.54) is 22.2 Å². The zero-order chi connectivity index (χ0) is 18.1. The van der Waals surface area contributed by atoms with Crippen LogP contribution < -0.4 is 10.9 Å². The number of amides is 1. The molecule has 3 heterocycles. The minimum atomic E-state index is -0.233. The molecule has 4 aromatic rings. The van der Waals surface area contributed by atoms with Crippen LogP contribution in [0.5, 0.6) is 0 Å². The molecule has 1 N–H and O–H groups in total. The normalized spacial score (nSPS) is 12.5. The van der Waals surface area contributed by atoms with Gasteiger partial charge in [0.25, 0.3) is 5.56 Å². The molecule has 3 aromatic heterocycles. The fourth-order valence-electron chi connectivity index (χ4n) is 2.74. The highest BCUT2D eigenvalue weighted by atomic mass is 32.1. The van der Waals surface area contributed by atoms with E-state index in [-0.39, 0.29) is 30.5 Å². The van der Waals surface area contributed by atoms with Gasteiger partial charge in [0, 0.05) is 13.0 Å². The number of hydrogen-bond acceptors (Lipinski definition) is 6. The molecule has 0 saturated carbocycles. The molecular weight excluding hydrogens is 352 g/mol. The fraction of sp³-hybridized carbons (Fsp3) is 0.235. The van der Waals surface area contributed by atoms with Crippen LogP contribution in [0.3, 0.4) is 0 Å². The summed E-state index contributed by atoms with van der Waals surface area (Å²) in [6.07, 6.45) is 3.47. The highest BCUT2D eigenvalue weighted by Gasteiger charge is 2.14. The Balaban J connectivity index is 1.41. The number of aromatic nitrogens is 5. The van der Waals surface area contributed by atoms with Gasteiger partial charge in [0.1, 0.15) is 5.51 Å². The van der Waals surface area contributed by atoms with Crippen molar-refractivity contribution in [2.45, 2.75) is 25.9 Å². The van der Waals surface area contributed by atoms with E-state index in [0.717, 1.165) is 10.7 Å². The summed E-state index contributed by atoms with van der Waals surface area (Å²) in [6, 6.07) is 6.93. The maximum Gasteiger partial charge on any atom is 0.261 e. The molecule has 0 saturated heterocycles. The molecule has 0 spiro atoms. The molecule has 0 aliphatic carbocycles. The Labute approximate surface area is 152 Å². The molecule has 0 radical (unpaired) electrons. The molecule has 1 aromatic carbocycles. The topological polar surface area (TPSA) is 94.2 Å². The molecule has 0 aliphatic heterocycles. The van der Waals surface area contributed by atoms with E-state index in [0.29, 0.717) is 10.9 Å². The maximum atomic E-state index is 12.4. The first-order chi connectivity index (χ1) is 12.6. The summed E-state index contributed by atoms with van der Waals surface area (Å²) in [5, 5.41) is 7.58. The number of rotatable bonds is 5. The zero-order valence-electron chi connectivity index (χ0n) is 14.0. The Morgan fingerprint density at radius 3 is 3.04 bits per heavy atom. The van der Waals surface area contributed by atoms with E-state index in [1.807, 2.05) is 13.0 Å². The first kappa shape index (κ1) is 16.4. The fourth-order valence-corrected chi connectivity index (χ4v) is 3.35. The second-order valence-corrected chi connectivity index (χ2v) is 6.74. The van der Waals surface area contributed by atoms with Crippen molar-refractivity contribution in [3.8, 4) is 0 Å². The molecule has 26 heavy (non-hydrogen) atoms. The Hall–Kier alpha value is -3.07. The van der Waals surface area contributed by atoms with Gasteiger partial charge in [-0.05, 0) is 19.1 Å². The van der Waals surface area contributed by atoms with Crippen molar-refractivity contribution in [3.63, 3.8) is 0 Å². The van der Waals surface area contributed by atoms with Crippen LogP contribution in [-0.4, -0.2) is 30.1 Å². The number of fused-ring (bicyclic) bond motifs is 2. The standard InChI is InChI=1S/C17H16N6O2S/c1-11(14-8-23-17(21-14)26-10-19-23)20-15(24)6-7-22-9-18-13-5-3-2-4-12(13)16(22)25/h2-5,8-11H,6-7H2,1H3,(H,20,24). The number of carbonyl (C=O) groups excluding carboxylic acids is 1. The minimum Gasteiger partial charge on any atom is -0.348 e. The Bertz CT molecular complexity index is 1120. The van der Waals surface area contributed by atoms with Crippen molar-refractivity contribution >= 4 is 33.1 Å². The van der Waals surface area contributed by atoms with Crippen LogP contribution in [0.1, 0.15) is 25.1 Å². The van der Waals surface area contributed by atoms with Crippen LogP contribution >= 0.6 is 11.3 Å². The largest absolute Gasteiger partial charge is 0.348 e. The molecule has 4 rings (SSSR count). The van der Waals surface area contributed by atoms with Crippen molar-refractivity contribution in [1.29, 1.82) is 0 Å². The molecule has 9 heteroatoms. The third-order valence-corrected chi connectivity index (χ3v) is 4.83. The van der Waals surface area contributed by atoms with E-state index in [4.69, 9.17) is 0 Å². The van der Waals surface area contributed by atoms with E-state index in [1.54, 1.807) is 34.4 Å². The van der Waals surface area contributed by atoms with Gasteiger partial charge in [0.05, 0.1) is 35.2 Å². The first-order valence-corrected chi connectivity index (χ1v) is 9.02. The van der Waals surface area contributed by atoms with Crippen LogP contribution in [0.4, 0.5) is 0 Å². The van der Waals surface area contributed by atoms with E-state index in [9.17, 15) is 9.59 Å². The number of imidazole rings is 1. The van der Waals surface area contributed by atoms with Gasteiger partial charge in [0.2, 0.25) is 10.9 Å². The highest BCUT2D eigenvalue weighted by molar-refractivity contribution is 7.14. The second-order valence-electron chi connectivity index (χ2n) is 5.93. The van der Waals surface area contributed by atoms with Gasteiger partial charge in [-0.15, -0.1) is 0 Å². The van der Waals surface area contributed by atoms with Gasteiger partial charge in [0.15, 0.2) is 0 Å². The number of nitrogens with one attached hydrogen (secondary N) is 1. The van der Waals surface area contributed by atoms with Gasteiger partial charge < -0.3 is 5.32 Å². The summed E-state index contributed by atoms with van der Waals surface area (Å²) in [5.41, 5.74) is 2.98. The number of benzene rings is 1. The summed E-state index contributed by atoms with van der Waals surface area (Å²) in [4.78, 5) is 34.1. The second kappa shape index (κ2) is 6.68. The van der Waals surface area contributed by atoms with Crippen LogP contribution in [0.25, 0.3) is 15.9 Å². The monoisotopic (exact) mass is 368 g/mol. The van der Waals surface area contributed by atoms with Gasteiger partial charge >= 0.3 is 0 Å². The lowest BCUT2D eigenvalue weighted by Crippen LogP contribution is -2.29. The van der Waals surface area contributed by atoms with Crippen LogP contribution in [0.15, 0.2) is 47.1 Å². The minimum absolute atomic E-state index is 0.142. The number of nitrogens with zero attached hydrogens (tertiary/aromatic N) is 5. The first-order valence-electron chi connectivity index (χ1n) is 8.14. The Morgan fingerprint density at radius 1 is 1.35 bits per heavy atom. The Kier molecular flexibility index (Phi) is 4.21. The number of hydrogen-bond donors (Lipinski definition) is 1. The Morgan fingerprint density at radius 2 is 2.19 bits per heavy atom. The van der Waals surface area contributed by atoms with Crippen LogP contribution in [0.2, 0.25) is 0 Å². The summed E-state index contributed by atoms with van der Waals surface area (Å²) < 4.78 is 3.14. The molecular formula is C17H16N6O2S. The summed E-state index contributed by atoms with van der Waals surface area (Å²) in [5.74, 6) is -0.151. The summed E-state index contributed by atoms with van der Waals surface area (Å²) in [6.45, 7) is 2.14. The van der Waals surface area contributed by atoms with Gasteiger partial charge in [-0.1, -0.05) is 23.5 Å². The lowest BCUT2D eigenvalue weighted by Gasteiger charge is -2.12.